The first-order chi connectivity index (χ1) is 16.6. The maximum Gasteiger partial charge on any atom is 0.273 e. The summed E-state index contributed by atoms with van der Waals surface area (Å²) in [5.74, 6) is 1.88. The van der Waals surface area contributed by atoms with Crippen LogP contribution in [-0.2, 0) is 13.1 Å². The summed E-state index contributed by atoms with van der Waals surface area (Å²) in [5, 5.41) is 6.71. The molecule has 1 aromatic heterocycles. The van der Waals surface area contributed by atoms with Crippen molar-refractivity contribution in [1.29, 1.82) is 0 Å². The molecule has 1 aliphatic heterocycles. The summed E-state index contributed by atoms with van der Waals surface area (Å²) in [6.07, 6.45) is 1.78. The van der Waals surface area contributed by atoms with E-state index in [2.05, 4.69) is 17.4 Å². The van der Waals surface area contributed by atoms with Crippen LogP contribution in [0.5, 0.6) is 17.2 Å². The van der Waals surface area contributed by atoms with Gasteiger partial charge in [-0.1, -0.05) is 30.6 Å². The van der Waals surface area contributed by atoms with Crippen LogP contribution in [0, 0.1) is 0 Å². The third-order valence-corrected chi connectivity index (χ3v) is 5.41. The molecule has 2 heterocycles. The van der Waals surface area contributed by atoms with E-state index in [1.165, 1.54) is 0 Å². The lowest BCUT2D eigenvalue weighted by Gasteiger charge is -2.21. The highest BCUT2D eigenvalue weighted by Crippen LogP contribution is 2.32. The second-order valence-corrected chi connectivity index (χ2v) is 7.86. The molecule has 0 unspecified atom stereocenters. The van der Waals surface area contributed by atoms with Crippen molar-refractivity contribution in [2.45, 2.75) is 32.9 Å². The fraction of sp³-hybridized carbons (Fsp3) is 0.320. The summed E-state index contributed by atoms with van der Waals surface area (Å²) < 4.78 is 21.3. The Morgan fingerprint density at radius 1 is 1.12 bits per heavy atom. The average Bonchev–Trinajstić information content (AvgIpc) is 3.54. The molecule has 2 amide bonds. The number of carbonyl (C=O) groups is 2. The molecule has 2 aromatic carbocycles. The van der Waals surface area contributed by atoms with Gasteiger partial charge in [0.15, 0.2) is 23.0 Å². The number of amides is 2. The Balaban J connectivity index is 1.39. The zero-order chi connectivity index (χ0) is 23.9. The molecule has 0 saturated heterocycles. The van der Waals surface area contributed by atoms with Gasteiger partial charge in [0.2, 0.25) is 6.79 Å². The maximum atomic E-state index is 13.1. The van der Waals surface area contributed by atoms with Crippen LogP contribution in [0.1, 0.15) is 51.9 Å². The standard InChI is InChI=1S/C25H27N3O6/c1-3-4-10-28(25(30)18-6-5-7-19(12-18)31-2)15-20-13-21(27-34-20)24(29)26-14-17-8-9-22-23(11-17)33-16-32-22/h5-9,11-13H,3-4,10,14-16H2,1-2H3,(H,26,29). The van der Waals surface area contributed by atoms with Crippen LogP contribution < -0.4 is 19.5 Å². The predicted molar refractivity (Wildman–Crippen MR) is 123 cm³/mol. The lowest BCUT2D eigenvalue weighted by molar-refractivity contribution is 0.0724. The van der Waals surface area contributed by atoms with Gasteiger partial charge >= 0.3 is 0 Å². The summed E-state index contributed by atoms with van der Waals surface area (Å²) >= 11 is 0. The number of hydrogen-bond acceptors (Lipinski definition) is 7. The smallest absolute Gasteiger partial charge is 0.273 e. The number of ether oxygens (including phenoxy) is 3. The lowest BCUT2D eigenvalue weighted by Crippen LogP contribution is -2.31. The van der Waals surface area contributed by atoms with Gasteiger partial charge < -0.3 is 29.0 Å². The highest BCUT2D eigenvalue weighted by Gasteiger charge is 2.20. The average molecular weight is 466 g/mol. The summed E-state index contributed by atoms with van der Waals surface area (Å²) in [7, 11) is 1.56. The molecule has 9 nitrogen and oxygen atoms in total. The SMILES string of the molecule is CCCCN(Cc1cc(C(=O)NCc2ccc3c(c2)OCO3)no1)C(=O)c1cccc(OC)c1. The number of rotatable bonds is 10. The molecule has 1 aliphatic rings. The fourth-order valence-electron chi connectivity index (χ4n) is 3.55. The highest BCUT2D eigenvalue weighted by molar-refractivity contribution is 5.94. The number of hydrogen-bond donors (Lipinski definition) is 1. The maximum absolute atomic E-state index is 13.1. The van der Waals surface area contributed by atoms with Crippen LogP contribution in [0.2, 0.25) is 0 Å². The first-order valence-electron chi connectivity index (χ1n) is 11.1. The lowest BCUT2D eigenvalue weighted by atomic mass is 10.1. The van der Waals surface area contributed by atoms with Crippen molar-refractivity contribution in [3.63, 3.8) is 0 Å². The molecule has 0 spiro atoms. The van der Waals surface area contributed by atoms with Gasteiger partial charge in [0.25, 0.3) is 11.8 Å². The van der Waals surface area contributed by atoms with Gasteiger partial charge in [-0.25, -0.2) is 0 Å². The Labute approximate surface area is 197 Å². The monoisotopic (exact) mass is 465 g/mol. The molecule has 0 bridgehead atoms. The molecule has 3 aromatic rings. The second kappa shape index (κ2) is 10.7. The van der Waals surface area contributed by atoms with E-state index < -0.39 is 0 Å². The Morgan fingerprint density at radius 2 is 1.97 bits per heavy atom. The Hall–Kier alpha value is -4.01. The quantitative estimate of drug-likeness (QED) is 0.486. The van der Waals surface area contributed by atoms with Gasteiger partial charge in [0.05, 0.1) is 13.7 Å². The van der Waals surface area contributed by atoms with E-state index in [-0.39, 0.29) is 30.8 Å². The van der Waals surface area contributed by atoms with Crippen molar-refractivity contribution < 1.29 is 28.3 Å². The van der Waals surface area contributed by atoms with Gasteiger partial charge in [-0.2, -0.15) is 0 Å². The first-order valence-corrected chi connectivity index (χ1v) is 11.1. The number of aromatic nitrogens is 1. The molecule has 0 atom stereocenters. The van der Waals surface area contributed by atoms with E-state index in [0.29, 0.717) is 41.7 Å². The molecule has 1 N–H and O–H groups in total. The van der Waals surface area contributed by atoms with Crippen LogP contribution >= 0.6 is 0 Å². The molecule has 178 valence electrons. The van der Waals surface area contributed by atoms with Crippen molar-refractivity contribution in [1.82, 2.24) is 15.4 Å². The third-order valence-electron chi connectivity index (χ3n) is 5.41. The zero-order valence-electron chi connectivity index (χ0n) is 19.2. The minimum absolute atomic E-state index is 0.141. The van der Waals surface area contributed by atoms with E-state index in [1.807, 2.05) is 18.2 Å². The van der Waals surface area contributed by atoms with Crippen molar-refractivity contribution >= 4 is 11.8 Å². The molecule has 0 fully saturated rings. The summed E-state index contributed by atoms with van der Waals surface area (Å²) in [4.78, 5) is 27.4. The van der Waals surface area contributed by atoms with Crippen molar-refractivity contribution in [2.24, 2.45) is 0 Å². The van der Waals surface area contributed by atoms with Crippen molar-refractivity contribution in [3.05, 3.63) is 71.1 Å². The van der Waals surface area contributed by atoms with E-state index in [1.54, 1.807) is 42.3 Å². The summed E-state index contributed by atoms with van der Waals surface area (Å²) in [6.45, 7) is 3.32. The van der Waals surface area contributed by atoms with Crippen LogP contribution in [0.4, 0.5) is 0 Å². The van der Waals surface area contributed by atoms with E-state index in [9.17, 15) is 9.59 Å². The summed E-state index contributed by atoms with van der Waals surface area (Å²) in [6, 6.07) is 14.1. The molecule has 0 radical (unpaired) electrons. The van der Waals surface area contributed by atoms with Crippen LogP contribution in [0.25, 0.3) is 0 Å². The zero-order valence-corrected chi connectivity index (χ0v) is 19.2. The van der Waals surface area contributed by atoms with E-state index >= 15 is 0 Å². The number of nitrogens with zero attached hydrogens (tertiary/aromatic N) is 2. The van der Waals surface area contributed by atoms with Gasteiger partial charge in [-0.05, 0) is 42.3 Å². The van der Waals surface area contributed by atoms with E-state index in [4.69, 9.17) is 18.7 Å². The van der Waals surface area contributed by atoms with Gasteiger partial charge in [-0.15, -0.1) is 0 Å². The number of methoxy groups -OCH3 is 1. The van der Waals surface area contributed by atoms with Gasteiger partial charge in [0, 0.05) is 24.7 Å². The van der Waals surface area contributed by atoms with Crippen molar-refractivity contribution in [3.8, 4) is 17.2 Å². The Morgan fingerprint density at radius 3 is 2.79 bits per heavy atom. The number of benzene rings is 2. The number of carbonyl (C=O) groups excluding carboxylic acids is 2. The minimum Gasteiger partial charge on any atom is -0.497 e. The molecule has 9 heteroatoms. The molecule has 4 rings (SSSR count). The van der Waals surface area contributed by atoms with Crippen LogP contribution in [0.15, 0.2) is 53.1 Å². The predicted octanol–water partition coefficient (Wildman–Crippen LogP) is 3.78. The van der Waals surface area contributed by atoms with Crippen LogP contribution in [-0.4, -0.2) is 42.3 Å². The molecule has 34 heavy (non-hydrogen) atoms. The largest absolute Gasteiger partial charge is 0.497 e. The van der Waals surface area contributed by atoms with Gasteiger partial charge in [-0.3, -0.25) is 9.59 Å². The van der Waals surface area contributed by atoms with E-state index in [0.717, 1.165) is 18.4 Å². The molecule has 0 aliphatic carbocycles. The highest BCUT2D eigenvalue weighted by atomic mass is 16.7. The van der Waals surface area contributed by atoms with Gasteiger partial charge in [0.1, 0.15) is 5.75 Å². The number of nitrogens with one attached hydrogen (secondary N) is 1. The number of unbranched alkanes of at least 4 members (excludes halogenated alkanes) is 1. The number of fused-ring (bicyclic) bond motifs is 1. The Bertz CT molecular complexity index is 1160. The molecular weight excluding hydrogens is 438 g/mol. The fourth-order valence-corrected chi connectivity index (χ4v) is 3.55. The third kappa shape index (κ3) is 5.48. The van der Waals surface area contributed by atoms with Crippen LogP contribution in [0.3, 0.4) is 0 Å². The molecular formula is C25H27N3O6. The first kappa shape index (κ1) is 23.2. The Kier molecular flexibility index (Phi) is 7.31. The normalized spacial score (nSPS) is 11.8. The second-order valence-electron chi connectivity index (χ2n) is 7.86. The molecule has 0 saturated carbocycles. The topological polar surface area (TPSA) is 103 Å². The summed E-state index contributed by atoms with van der Waals surface area (Å²) in [5.41, 5.74) is 1.55. The minimum atomic E-state index is -0.369. The van der Waals surface area contributed by atoms with Crippen molar-refractivity contribution in [2.75, 3.05) is 20.4 Å².